The summed E-state index contributed by atoms with van der Waals surface area (Å²) in [6, 6.07) is 0.562. The lowest BCUT2D eigenvalue weighted by Gasteiger charge is -2.51. The predicted molar refractivity (Wildman–Crippen MR) is 124 cm³/mol. The first kappa shape index (κ1) is 23.6. The summed E-state index contributed by atoms with van der Waals surface area (Å²) < 4.78 is 0. The van der Waals surface area contributed by atoms with Gasteiger partial charge in [-0.05, 0) is 44.5 Å². The number of aromatic hydroxyl groups is 1. The first-order chi connectivity index (χ1) is 15.7. The lowest BCUT2D eigenvalue weighted by molar-refractivity contribution is -0.134. The van der Waals surface area contributed by atoms with Gasteiger partial charge in [0.05, 0.1) is 23.0 Å². The first-order valence-electron chi connectivity index (χ1n) is 10.8. The maximum absolute atomic E-state index is 13.7. The molecule has 9 N–H and O–H groups in total. The number of aliphatic hydroxyl groups is 2. The van der Waals surface area contributed by atoms with Crippen LogP contribution in [-0.2, 0) is 16.0 Å². The number of anilines is 2. The zero-order chi connectivity index (χ0) is 25.4. The number of nitrogen functional groups attached to an aromatic ring is 1. The zero-order valence-electron chi connectivity index (χ0n) is 19.4. The fourth-order valence-corrected chi connectivity index (χ4v) is 5.79. The fourth-order valence-electron chi connectivity index (χ4n) is 5.79. The van der Waals surface area contributed by atoms with Crippen molar-refractivity contribution in [1.29, 1.82) is 0 Å². The van der Waals surface area contributed by atoms with E-state index in [2.05, 4.69) is 0 Å². The number of ketones is 2. The van der Waals surface area contributed by atoms with Gasteiger partial charge < -0.3 is 37.4 Å². The number of Topliss-reactive ketones (excluding diaryl/α,β-unsaturated/α-hetero) is 2. The van der Waals surface area contributed by atoms with Gasteiger partial charge in [-0.2, -0.15) is 0 Å². The standard InChI is InChI=1S/C23H29N5O6/c1-27(2)12-7-11(24)17(29)14-9(12)5-8-6-10-16(28(3)4)19(31)15(22(26)33)21(32)23(10,34)20(25)13(8)18(14)30/h7-8,10,16,29,32,34H,5-6,24-25H2,1-4H3,(H2,26,33)/t8-,10-,16-,23-/m0/s1. The molecule has 4 atom stereocenters. The molecule has 3 aliphatic rings. The van der Waals surface area contributed by atoms with Gasteiger partial charge in [0.2, 0.25) is 0 Å². The Morgan fingerprint density at radius 2 is 1.76 bits per heavy atom. The van der Waals surface area contributed by atoms with Crippen molar-refractivity contribution < 1.29 is 29.7 Å². The van der Waals surface area contributed by atoms with Crippen molar-refractivity contribution >= 4 is 28.8 Å². The Kier molecular flexibility index (Phi) is 5.18. The Morgan fingerprint density at radius 1 is 1.15 bits per heavy atom. The number of allylic oxidation sites excluding steroid dienone is 1. The van der Waals surface area contributed by atoms with Crippen LogP contribution in [-0.4, -0.2) is 77.5 Å². The van der Waals surface area contributed by atoms with Crippen LogP contribution in [0.2, 0.25) is 0 Å². The number of likely N-dealkylation sites (N-methyl/N-ethyl adjacent to an activating group) is 1. The van der Waals surface area contributed by atoms with Crippen LogP contribution in [0.1, 0.15) is 22.3 Å². The van der Waals surface area contributed by atoms with Crippen LogP contribution >= 0.6 is 0 Å². The third-order valence-electron chi connectivity index (χ3n) is 7.30. The van der Waals surface area contributed by atoms with Crippen LogP contribution < -0.4 is 22.1 Å². The van der Waals surface area contributed by atoms with E-state index in [0.717, 1.165) is 0 Å². The van der Waals surface area contributed by atoms with Gasteiger partial charge >= 0.3 is 0 Å². The lowest BCUT2D eigenvalue weighted by atomic mass is 9.58. The molecular formula is C23H29N5O6. The number of carbonyl (C=O) groups is 3. The number of carbonyl (C=O) groups excluding carboxylic acids is 3. The Bertz CT molecular complexity index is 1220. The van der Waals surface area contributed by atoms with E-state index < -0.39 is 52.3 Å². The van der Waals surface area contributed by atoms with Gasteiger partial charge in [-0.25, -0.2) is 0 Å². The SMILES string of the molecule is CN(C)c1cc(N)c(O)c2c1C[C@H]1C[C@H]3[C@H](N(C)C)C(=O)C(C(N)=O)=C(O)[C@@]3(O)C(N)=C1C2=O. The minimum Gasteiger partial charge on any atom is -0.508 e. The van der Waals surface area contributed by atoms with E-state index in [9.17, 15) is 29.7 Å². The highest BCUT2D eigenvalue weighted by Crippen LogP contribution is 2.53. The summed E-state index contributed by atoms with van der Waals surface area (Å²) in [7, 11) is 6.77. The fraction of sp³-hybridized carbons (Fsp3) is 0.435. The van der Waals surface area contributed by atoms with Gasteiger partial charge in [-0.3, -0.25) is 19.3 Å². The second kappa shape index (κ2) is 7.47. The van der Waals surface area contributed by atoms with Crippen molar-refractivity contribution in [1.82, 2.24) is 4.90 Å². The van der Waals surface area contributed by atoms with E-state index in [-0.39, 0.29) is 41.1 Å². The molecule has 0 aliphatic heterocycles. The highest BCUT2D eigenvalue weighted by Gasteiger charge is 2.61. The van der Waals surface area contributed by atoms with Gasteiger partial charge in [0.25, 0.3) is 5.91 Å². The van der Waals surface area contributed by atoms with Gasteiger partial charge in [-0.15, -0.1) is 0 Å². The summed E-state index contributed by atoms with van der Waals surface area (Å²) in [5, 5.41) is 33.3. The molecule has 0 saturated carbocycles. The molecule has 1 aromatic rings. The Hall–Kier alpha value is -3.57. The summed E-state index contributed by atoms with van der Waals surface area (Å²) >= 11 is 0. The Labute approximate surface area is 196 Å². The molecule has 4 rings (SSSR count). The molecule has 1 amide bonds. The summed E-state index contributed by atoms with van der Waals surface area (Å²) in [5.41, 5.74) is 15.4. The van der Waals surface area contributed by atoms with Crippen LogP contribution in [0.4, 0.5) is 11.4 Å². The van der Waals surface area contributed by atoms with Crippen molar-refractivity contribution in [3.8, 4) is 5.75 Å². The number of hydrogen-bond acceptors (Lipinski definition) is 10. The lowest BCUT2D eigenvalue weighted by Crippen LogP contribution is -2.64. The number of rotatable bonds is 3. The predicted octanol–water partition coefficient (Wildman–Crippen LogP) is -0.830. The van der Waals surface area contributed by atoms with E-state index in [1.165, 1.54) is 4.90 Å². The molecule has 0 heterocycles. The summed E-state index contributed by atoms with van der Waals surface area (Å²) in [4.78, 5) is 42.1. The number of phenols is 1. The molecule has 0 spiro atoms. The van der Waals surface area contributed by atoms with Crippen LogP contribution in [0.5, 0.6) is 5.75 Å². The van der Waals surface area contributed by atoms with Crippen LogP contribution in [0.25, 0.3) is 0 Å². The van der Waals surface area contributed by atoms with Gasteiger partial charge in [0.1, 0.15) is 17.1 Å². The molecule has 0 unspecified atom stereocenters. The number of primary amides is 1. The molecule has 0 fully saturated rings. The highest BCUT2D eigenvalue weighted by atomic mass is 16.3. The number of nitrogens with two attached hydrogens (primary N) is 3. The van der Waals surface area contributed by atoms with E-state index in [4.69, 9.17) is 17.2 Å². The highest BCUT2D eigenvalue weighted by molar-refractivity contribution is 6.22. The van der Waals surface area contributed by atoms with Crippen molar-refractivity contribution in [2.45, 2.75) is 24.5 Å². The van der Waals surface area contributed by atoms with Crippen LogP contribution in [0.3, 0.4) is 0 Å². The molecule has 0 bridgehead atoms. The van der Waals surface area contributed by atoms with Crippen LogP contribution in [0, 0.1) is 11.8 Å². The quantitative estimate of drug-likeness (QED) is 0.184. The minimum absolute atomic E-state index is 0.00973. The second-order valence-corrected chi connectivity index (χ2v) is 9.61. The van der Waals surface area contributed by atoms with Gasteiger partial charge in [0.15, 0.2) is 17.2 Å². The Balaban J connectivity index is 2.02. The second-order valence-electron chi connectivity index (χ2n) is 9.61. The zero-order valence-corrected chi connectivity index (χ0v) is 19.4. The average molecular weight is 472 g/mol. The van der Waals surface area contributed by atoms with Gasteiger partial charge in [-0.1, -0.05) is 0 Å². The molecular weight excluding hydrogens is 442 g/mol. The molecule has 3 aliphatic carbocycles. The number of amides is 1. The van der Waals surface area contributed by atoms with Gasteiger partial charge in [0, 0.05) is 31.3 Å². The van der Waals surface area contributed by atoms with E-state index >= 15 is 0 Å². The molecule has 0 aromatic heterocycles. The van der Waals surface area contributed by atoms with E-state index in [0.29, 0.717) is 11.3 Å². The number of hydrogen-bond donors (Lipinski definition) is 6. The van der Waals surface area contributed by atoms with Crippen molar-refractivity contribution in [2.75, 3.05) is 38.8 Å². The number of phenolic OH excluding ortho intramolecular Hbond substituents is 1. The number of aliphatic hydroxyl groups excluding tert-OH is 1. The maximum atomic E-state index is 13.7. The molecule has 11 heteroatoms. The van der Waals surface area contributed by atoms with Crippen molar-refractivity contribution in [3.63, 3.8) is 0 Å². The molecule has 0 radical (unpaired) electrons. The van der Waals surface area contributed by atoms with E-state index in [1.807, 2.05) is 0 Å². The topological polar surface area (TPSA) is 196 Å². The summed E-state index contributed by atoms with van der Waals surface area (Å²) in [6.07, 6.45) is 0.396. The molecule has 0 saturated heterocycles. The van der Waals surface area contributed by atoms with E-state index in [1.54, 1.807) is 39.2 Å². The normalized spacial score (nSPS) is 28.6. The summed E-state index contributed by atoms with van der Waals surface area (Å²) in [5.74, 6) is -5.36. The monoisotopic (exact) mass is 471 g/mol. The maximum Gasteiger partial charge on any atom is 0.255 e. The molecule has 11 nitrogen and oxygen atoms in total. The smallest absolute Gasteiger partial charge is 0.255 e. The van der Waals surface area contributed by atoms with Crippen molar-refractivity contribution in [3.05, 3.63) is 39.8 Å². The van der Waals surface area contributed by atoms with Crippen molar-refractivity contribution in [2.24, 2.45) is 23.3 Å². The number of fused-ring (bicyclic) bond motifs is 3. The Morgan fingerprint density at radius 3 is 2.29 bits per heavy atom. The summed E-state index contributed by atoms with van der Waals surface area (Å²) in [6.45, 7) is 0. The third kappa shape index (κ3) is 2.86. The first-order valence-corrected chi connectivity index (χ1v) is 10.8. The minimum atomic E-state index is -2.37. The molecule has 1 aromatic carbocycles. The molecule has 182 valence electrons. The largest absolute Gasteiger partial charge is 0.508 e. The molecule has 34 heavy (non-hydrogen) atoms. The van der Waals surface area contributed by atoms with Crippen LogP contribution in [0.15, 0.2) is 28.7 Å². The third-order valence-corrected chi connectivity index (χ3v) is 7.30. The number of nitrogens with zero attached hydrogens (tertiary/aromatic N) is 2. The average Bonchev–Trinajstić information content (AvgIpc) is 2.72. The number of benzene rings is 1.